The molecule has 2 aromatic carbocycles. The Kier molecular flexibility index (Phi) is 6.68. The number of anilines is 1. The number of aryl methyl sites for hydroxylation is 1. The molecule has 10 heteroatoms. The molecule has 1 amide bonds. The van der Waals surface area contributed by atoms with Crippen molar-refractivity contribution in [3.05, 3.63) is 59.2 Å². The molecule has 0 aliphatic rings. The topological polar surface area (TPSA) is 84.5 Å². The van der Waals surface area contributed by atoms with Gasteiger partial charge in [-0.05, 0) is 36.8 Å². The largest absolute Gasteiger partial charge is 0.418 e. The zero-order chi connectivity index (χ0) is 20.9. The van der Waals surface area contributed by atoms with Crippen molar-refractivity contribution in [1.29, 1.82) is 0 Å². The number of carbonyl (C=O) groups is 1. The summed E-state index contributed by atoms with van der Waals surface area (Å²) in [5.74, 6) is -0.512. The van der Waals surface area contributed by atoms with Gasteiger partial charge in [0, 0.05) is 19.2 Å². The summed E-state index contributed by atoms with van der Waals surface area (Å²) >= 11 is 0. The molecule has 0 heterocycles. The molecule has 0 aliphatic carbocycles. The lowest BCUT2D eigenvalue weighted by molar-refractivity contribution is -0.136. The maximum Gasteiger partial charge on any atom is 0.418 e. The van der Waals surface area contributed by atoms with Crippen molar-refractivity contribution in [2.24, 2.45) is 0 Å². The maximum atomic E-state index is 13.1. The van der Waals surface area contributed by atoms with Crippen LogP contribution < -0.4 is 10.0 Å². The Morgan fingerprint density at radius 1 is 1.14 bits per heavy atom. The maximum absolute atomic E-state index is 13.1. The van der Waals surface area contributed by atoms with Crippen LogP contribution in [-0.4, -0.2) is 34.6 Å². The molecule has 6 nitrogen and oxygen atoms in total. The molecule has 152 valence electrons. The van der Waals surface area contributed by atoms with Crippen molar-refractivity contribution in [1.82, 2.24) is 5.32 Å². The number of para-hydroxylation sites is 1. The van der Waals surface area contributed by atoms with Crippen LogP contribution in [0.3, 0.4) is 0 Å². The molecule has 0 fully saturated rings. The summed E-state index contributed by atoms with van der Waals surface area (Å²) in [6, 6.07) is 8.01. The second-order valence-corrected chi connectivity index (χ2v) is 7.56. The number of halogens is 3. The summed E-state index contributed by atoms with van der Waals surface area (Å²) in [4.78, 5) is 11.9. The van der Waals surface area contributed by atoms with Gasteiger partial charge in [0.05, 0.1) is 22.8 Å². The predicted molar refractivity (Wildman–Crippen MR) is 97.6 cm³/mol. The number of ether oxygens (including phenoxy) is 1. The molecule has 0 unspecified atom stereocenters. The number of hydrogen-bond acceptors (Lipinski definition) is 4. The lowest BCUT2D eigenvalue weighted by Crippen LogP contribution is -2.28. The van der Waals surface area contributed by atoms with Crippen LogP contribution in [-0.2, 0) is 20.9 Å². The number of sulfonamides is 1. The number of alkyl halides is 3. The minimum Gasteiger partial charge on any atom is -0.383 e. The first-order valence-corrected chi connectivity index (χ1v) is 9.61. The Morgan fingerprint density at radius 2 is 1.82 bits per heavy atom. The van der Waals surface area contributed by atoms with E-state index < -0.39 is 33.4 Å². The van der Waals surface area contributed by atoms with E-state index in [1.807, 2.05) is 4.72 Å². The van der Waals surface area contributed by atoms with Gasteiger partial charge in [0.25, 0.3) is 15.9 Å². The van der Waals surface area contributed by atoms with E-state index in [9.17, 15) is 26.4 Å². The molecule has 0 aromatic heterocycles. The van der Waals surface area contributed by atoms with Crippen LogP contribution in [0.4, 0.5) is 18.9 Å². The van der Waals surface area contributed by atoms with Gasteiger partial charge < -0.3 is 10.1 Å². The second-order valence-electron chi connectivity index (χ2n) is 5.87. The van der Waals surface area contributed by atoms with Crippen LogP contribution >= 0.6 is 0 Å². The first kappa shape index (κ1) is 21.7. The summed E-state index contributed by atoms with van der Waals surface area (Å²) in [6.07, 6.45) is -4.72. The summed E-state index contributed by atoms with van der Waals surface area (Å²) < 4.78 is 71.3. The van der Waals surface area contributed by atoms with Gasteiger partial charge in [-0.1, -0.05) is 18.2 Å². The summed E-state index contributed by atoms with van der Waals surface area (Å²) in [7, 11) is -2.88. The SMILES string of the molecule is COCCNC(=O)c1cc(S(=O)(=O)Nc2ccccc2C(F)(F)F)ccc1C. The molecule has 2 N–H and O–H groups in total. The van der Waals surface area contributed by atoms with Crippen molar-refractivity contribution in [3.63, 3.8) is 0 Å². The number of carbonyl (C=O) groups excluding carboxylic acids is 1. The molecule has 0 aliphatic heterocycles. The van der Waals surface area contributed by atoms with Gasteiger partial charge in [0.2, 0.25) is 0 Å². The highest BCUT2D eigenvalue weighted by atomic mass is 32.2. The molecule has 0 radical (unpaired) electrons. The predicted octanol–water partition coefficient (Wildman–Crippen LogP) is 3.19. The Morgan fingerprint density at radius 3 is 2.46 bits per heavy atom. The van der Waals surface area contributed by atoms with E-state index in [4.69, 9.17) is 4.74 Å². The van der Waals surface area contributed by atoms with E-state index in [1.54, 1.807) is 6.92 Å². The van der Waals surface area contributed by atoms with Crippen LogP contribution in [0.15, 0.2) is 47.4 Å². The first-order valence-electron chi connectivity index (χ1n) is 8.13. The van der Waals surface area contributed by atoms with E-state index in [0.717, 1.165) is 24.3 Å². The van der Waals surface area contributed by atoms with E-state index in [1.165, 1.54) is 25.3 Å². The Hall–Kier alpha value is -2.59. The average Bonchev–Trinajstić information content (AvgIpc) is 2.61. The van der Waals surface area contributed by atoms with Crippen molar-refractivity contribution >= 4 is 21.6 Å². The molecular formula is C18H19F3N2O4S. The van der Waals surface area contributed by atoms with E-state index in [0.29, 0.717) is 5.56 Å². The smallest absolute Gasteiger partial charge is 0.383 e. The molecule has 2 aromatic rings. The van der Waals surface area contributed by atoms with Gasteiger partial charge in [0.15, 0.2) is 0 Å². The third-order valence-corrected chi connectivity index (χ3v) is 5.20. The van der Waals surface area contributed by atoms with Gasteiger partial charge in [-0.2, -0.15) is 13.2 Å². The normalized spacial score (nSPS) is 11.9. The third kappa shape index (κ3) is 5.23. The third-order valence-electron chi connectivity index (χ3n) is 3.83. The quantitative estimate of drug-likeness (QED) is 0.679. The summed E-state index contributed by atoms with van der Waals surface area (Å²) in [6.45, 7) is 2.12. The zero-order valence-electron chi connectivity index (χ0n) is 15.1. The lowest BCUT2D eigenvalue weighted by Gasteiger charge is -2.15. The minimum absolute atomic E-state index is 0.100. The first-order chi connectivity index (χ1) is 13.1. The van der Waals surface area contributed by atoms with Crippen molar-refractivity contribution in [3.8, 4) is 0 Å². The molecule has 0 saturated carbocycles. The van der Waals surface area contributed by atoms with E-state index >= 15 is 0 Å². The molecule has 28 heavy (non-hydrogen) atoms. The fourth-order valence-electron chi connectivity index (χ4n) is 2.40. The average molecular weight is 416 g/mol. The van der Waals surface area contributed by atoms with E-state index in [-0.39, 0.29) is 23.6 Å². The van der Waals surface area contributed by atoms with Crippen molar-refractivity contribution in [2.75, 3.05) is 25.0 Å². The number of rotatable bonds is 7. The Labute approximate surface area is 160 Å². The van der Waals surface area contributed by atoms with Crippen LogP contribution in [0, 0.1) is 6.92 Å². The highest BCUT2D eigenvalue weighted by molar-refractivity contribution is 7.92. The number of hydrogen-bond donors (Lipinski definition) is 2. The molecule has 0 spiro atoms. The molecule has 0 saturated heterocycles. The van der Waals surface area contributed by atoms with Gasteiger partial charge in [0.1, 0.15) is 0 Å². The highest BCUT2D eigenvalue weighted by Gasteiger charge is 2.34. The Balaban J connectivity index is 2.35. The Bertz CT molecular complexity index is 960. The summed E-state index contributed by atoms with van der Waals surface area (Å²) in [5, 5.41) is 2.57. The van der Waals surface area contributed by atoms with Gasteiger partial charge in [-0.25, -0.2) is 8.42 Å². The number of methoxy groups -OCH3 is 1. The lowest BCUT2D eigenvalue weighted by atomic mass is 10.1. The molecule has 2 rings (SSSR count). The van der Waals surface area contributed by atoms with Crippen LogP contribution in [0.5, 0.6) is 0 Å². The van der Waals surface area contributed by atoms with Gasteiger partial charge in [-0.3, -0.25) is 9.52 Å². The molecular weight excluding hydrogens is 397 g/mol. The molecule has 0 atom stereocenters. The van der Waals surface area contributed by atoms with Crippen LogP contribution in [0.2, 0.25) is 0 Å². The monoisotopic (exact) mass is 416 g/mol. The van der Waals surface area contributed by atoms with Crippen LogP contribution in [0.25, 0.3) is 0 Å². The van der Waals surface area contributed by atoms with E-state index in [2.05, 4.69) is 5.32 Å². The number of amides is 1. The zero-order valence-corrected chi connectivity index (χ0v) is 15.9. The minimum atomic E-state index is -4.72. The van der Waals surface area contributed by atoms with Crippen LogP contribution in [0.1, 0.15) is 21.5 Å². The van der Waals surface area contributed by atoms with Gasteiger partial charge >= 0.3 is 6.18 Å². The molecule has 0 bridgehead atoms. The fourth-order valence-corrected chi connectivity index (χ4v) is 3.50. The fraction of sp³-hybridized carbons (Fsp3) is 0.278. The van der Waals surface area contributed by atoms with Gasteiger partial charge in [-0.15, -0.1) is 0 Å². The number of benzene rings is 2. The number of nitrogens with one attached hydrogen (secondary N) is 2. The van der Waals surface area contributed by atoms with Crippen molar-refractivity contribution in [2.45, 2.75) is 18.0 Å². The van der Waals surface area contributed by atoms with Crippen molar-refractivity contribution < 1.29 is 31.1 Å². The second kappa shape index (κ2) is 8.61. The summed E-state index contributed by atoms with van der Waals surface area (Å²) in [5.41, 5.74) is -1.09. The standard InChI is InChI=1S/C18H19F3N2O4S/c1-12-7-8-13(11-14(12)17(24)22-9-10-27-2)28(25,26)23-16-6-4-3-5-15(16)18(19,20)21/h3-8,11,23H,9-10H2,1-2H3,(H,22,24). The highest BCUT2D eigenvalue weighted by Crippen LogP contribution is 2.35.